The van der Waals surface area contributed by atoms with Gasteiger partial charge in [-0.3, -0.25) is 9.69 Å². The fourth-order valence-electron chi connectivity index (χ4n) is 1.22. The van der Waals surface area contributed by atoms with E-state index in [0.29, 0.717) is 18.7 Å². The number of urea groups is 1. The van der Waals surface area contributed by atoms with Gasteiger partial charge in [0.15, 0.2) is 5.78 Å². The lowest BCUT2D eigenvalue weighted by molar-refractivity contribution is -0.119. The molecule has 1 aliphatic heterocycles. The molecular weight excluding hydrogens is 184 g/mol. The van der Waals surface area contributed by atoms with E-state index in [1.165, 1.54) is 4.90 Å². The summed E-state index contributed by atoms with van der Waals surface area (Å²) in [7, 11) is 0. The Bertz CT molecular complexity index is 275. The molecular formula is C9H14N2O3. The van der Waals surface area contributed by atoms with Gasteiger partial charge in [-0.2, -0.15) is 0 Å². The number of rotatable bonds is 4. The zero-order chi connectivity index (χ0) is 10.7. The van der Waals surface area contributed by atoms with Gasteiger partial charge in [0.2, 0.25) is 0 Å². The van der Waals surface area contributed by atoms with Crippen molar-refractivity contribution in [1.82, 2.24) is 10.2 Å². The lowest BCUT2D eigenvalue weighted by Gasteiger charge is -2.20. The summed E-state index contributed by atoms with van der Waals surface area (Å²) in [6, 6.07) is -0.327. The number of nitrogens with one attached hydrogen (secondary N) is 1. The number of nitrogens with zero attached hydrogens (tertiary/aromatic N) is 1. The maximum absolute atomic E-state index is 11.2. The van der Waals surface area contributed by atoms with E-state index in [0.717, 1.165) is 0 Å². The Morgan fingerprint density at radius 1 is 1.79 bits per heavy atom. The highest BCUT2D eigenvalue weighted by Crippen LogP contribution is 2.08. The lowest BCUT2D eigenvalue weighted by atomic mass is 10.1. The van der Waals surface area contributed by atoms with Crippen LogP contribution in [0.4, 0.5) is 4.79 Å². The van der Waals surface area contributed by atoms with Crippen LogP contribution in [0.5, 0.6) is 0 Å². The van der Waals surface area contributed by atoms with E-state index >= 15 is 0 Å². The Hall–Kier alpha value is -1.36. The van der Waals surface area contributed by atoms with Crippen LogP contribution >= 0.6 is 0 Å². The van der Waals surface area contributed by atoms with Gasteiger partial charge in [0.1, 0.15) is 6.23 Å². The van der Waals surface area contributed by atoms with Crippen LogP contribution in [-0.2, 0) is 4.79 Å². The average Bonchev–Trinajstić information content (AvgIpc) is 2.51. The first kappa shape index (κ1) is 10.7. The minimum atomic E-state index is -1.04. The van der Waals surface area contributed by atoms with Gasteiger partial charge in [0, 0.05) is 13.1 Å². The summed E-state index contributed by atoms with van der Waals surface area (Å²) in [6.45, 7) is 6.00. The minimum absolute atomic E-state index is 0.0806. The molecule has 1 saturated heterocycles. The number of allylic oxidation sites excluding steroid dienone is 1. The number of Topliss-reactive ketones (excluding diaryl/α,β-unsaturated/α-hetero) is 1. The van der Waals surface area contributed by atoms with Gasteiger partial charge in [0.05, 0.1) is 6.42 Å². The molecule has 0 aromatic heterocycles. The third-order valence-corrected chi connectivity index (χ3v) is 2.09. The summed E-state index contributed by atoms with van der Waals surface area (Å²) in [5, 5.41) is 12.1. The Kier molecular flexibility index (Phi) is 3.24. The van der Waals surface area contributed by atoms with E-state index in [2.05, 4.69) is 11.9 Å². The van der Waals surface area contributed by atoms with Crippen molar-refractivity contribution in [2.24, 2.45) is 0 Å². The molecule has 1 unspecified atom stereocenters. The predicted octanol–water partition coefficient (Wildman–Crippen LogP) is -0.135. The molecule has 14 heavy (non-hydrogen) atoms. The number of aliphatic hydroxyl groups excluding tert-OH is 1. The molecule has 2 amide bonds. The van der Waals surface area contributed by atoms with Gasteiger partial charge in [-0.05, 0) is 12.5 Å². The third kappa shape index (κ3) is 2.32. The largest absolute Gasteiger partial charge is 0.373 e. The Balaban J connectivity index is 2.49. The molecule has 1 rings (SSSR count). The normalized spacial score (nSPS) is 17.9. The van der Waals surface area contributed by atoms with E-state index in [1.807, 2.05) is 0 Å². The topological polar surface area (TPSA) is 69.6 Å². The highest BCUT2D eigenvalue weighted by atomic mass is 16.3. The lowest BCUT2D eigenvalue weighted by Crippen LogP contribution is -2.39. The molecule has 0 saturated carbocycles. The molecule has 1 heterocycles. The van der Waals surface area contributed by atoms with Crippen molar-refractivity contribution in [3.05, 3.63) is 12.2 Å². The van der Waals surface area contributed by atoms with Crippen molar-refractivity contribution in [3.63, 3.8) is 0 Å². The van der Waals surface area contributed by atoms with Gasteiger partial charge < -0.3 is 10.4 Å². The zero-order valence-corrected chi connectivity index (χ0v) is 8.12. The Morgan fingerprint density at radius 3 is 2.86 bits per heavy atom. The molecule has 0 aromatic rings. The SMILES string of the molecule is C=C(C)C(=O)CC(O)N1CCNC1=O. The van der Waals surface area contributed by atoms with Crippen LogP contribution in [0.3, 0.4) is 0 Å². The first-order valence-electron chi connectivity index (χ1n) is 4.43. The summed E-state index contributed by atoms with van der Waals surface area (Å²) in [6.07, 6.45) is -1.12. The summed E-state index contributed by atoms with van der Waals surface area (Å²) in [4.78, 5) is 23.5. The zero-order valence-electron chi connectivity index (χ0n) is 8.12. The molecule has 1 fully saturated rings. The van der Waals surface area contributed by atoms with Crippen LogP contribution in [0, 0.1) is 0 Å². The van der Waals surface area contributed by atoms with Gasteiger partial charge in [-0.15, -0.1) is 0 Å². The third-order valence-electron chi connectivity index (χ3n) is 2.09. The maximum atomic E-state index is 11.2. The molecule has 1 atom stereocenters. The Labute approximate surface area is 82.4 Å². The molecule has 5 heteroatoms. The number of hydrogen-bond acceptors (Lipinski definition) is 3. The first-order valence-corrected chi connectivity index (χ1v) is 4.43. The van der Waals surface area contributed by atoms with E-state index in [1.54, 1.807) is 6.92 Å². The van der Waals surface area contributed by atoms with Crippen molar-refractivity contribution in [3.8, 4) is 0 Å². The molecule has 78 valence electrons. The van der Waals surface area contributed by atoms with Crippen molar-refractivity contribution in [1.29, 1.82) is 0 Å². The van der Waals surface area contributed by atoms with E-state index in [9.17, 15) is 14.7 Å². The number of hydrogen-bond donors (Lipinski definition) is 2. The average molecular weight is 198 g/mol. The number of ketones is 1. The van der Waals surface area contributed by atoms with Crippen LogP contribution in [0.15, 0.2) is 12.2 Å². The molecule has 0 bridgehead atoms. The standard InChI is InChI=1S/C9H14N2O3/c1-6(2)7(12)5-8(13)11-4-3-10-9(11)14/h8,13H,1,3-5H2,2H3,(H,10,14). The highest BCUT2D eigenvalue weighted by Gasteiger charge is 2.27. The minimum Gasteiger partial charge on any atom is -0.373 e. The van der Waals surface area contributed by atoms with Crippen molar-refractivity contribution < 1.29 is 14.7 Å². The monoisotopic (exact) mass is 198 g/mol. The second-order valence-electron chi connectivity index (χ2n) is 3.31. The van der Waals surface area contributed by atoms with Crippen LogP contribution in [0.2, 0.25) is 0 Å². The predicted molar refractivity (Wildman–Crippen MR) is 50.5 cm³/mol. The van der Waals surface area contributed by atoms with Crippen LogP contribution in [0.25, 0.3) is 0 Å². The van der Waals surface area contributed by atoms with Gasteiger partial charge in [-0.1, -0.05) is 6.58 Å². The summed E-state index contributed by atoms with van der Waals surface area (Å²) in [5.41, 5.74) is 0.392. The van der Waals surface area contributed by atoms with Gasteiger partial charge in [0.25, 0.3) is 0 Å². The molecule has 0 aliphatic carbocycles. The van der Waals surface area contributed by atoms with E-state index in [4.69, 9.17) is 0 Å². The van der Waals surface area contributed by atoms with E-state index in [-0.39, 0.29) is 18.2 Å². The highest BCUT2D eigenvalue weighted by molar-refractivity contribution is 5.94. The maximum Gasteiger partial charge on any atom is 0.319 e. The van der Waals surface area contributed by atoms with Crippen LogP contribution < -0.4 is 5.32 Å². The van der Waals surface area contributed by atoms with Gasteiger partial charge in [-0.25, -0.2) is 4.79 Å². The first-order chi connectivity index (χ1) is 6.52. The Morgan fingerprint density at radius 2 is 2.43 bits per heavy atom. The number of carbonyl (C=O) groups is 2. The van der Waals surface area contributed by atoms with Crippen molar-refractivity contribution in [2.45, 2.75) is 19.6 Å². The van der Waals surface area contributed by atoms with Gasteiger partial charge >= 0.3 is 6.03 Å². The number of amides is 2. The fourth-order valence-corrected chi connectivity index (χ4v) is 1.22. The quantitative estimate of drug-likeness (QED) is 0.618. The van der Waals surface area contributed by atoms with Crippen LogP contribution in [-0.4, -0.2) is 41.1 Å². The molecule has 0 radical (unpaired) electrons. The number of aliphatic hydroxyl groups is 1. The molecule has 5 nitrogen and oxygen atoms in total. The molecule has 0 aromatic carbocycles. The summed E-state index contributed by atoms with van der Waals surface area (Å²) < 4.78 is 0. The summed E-state index contributed by atoms with van der Waals surface area (Å²) in [5.74, 6) is -0.225. The second kappa shape index (κ2) is 4.23. The molecule has 1 aliphatic rings. The summed E-state index contributed by atoms with van der Waals surface area (Å²) >= 11 is 0. The smallest absolute Gasteiger partial charge is 0.319 e. The van der Waals surface area contributed by atoms with E-state index < -0.39 is 6.23 Å². The fraction of sp³-hybridized carbons (Fsp3) is 0.556. The molecule has 2 N–H and O–H groups in total. The molecule has 0 spiro atoms. The number of carbonyl (C=O) groups excluding carboxylic acids is 2. The van der Waals surface area contributed by atoms with Crippen molar-refractivity contribution >= 4 is 11.8 Å². The second-order valence-corrected chi connectivity index (χ2v) is 3.31. The van der Waals surface area contributed by atoms with Crippen LogP contribution in [0.1, 0.15) is 13.3 Å². The van der Waals surface area contributed by atoms with Crippen molar-refractivity contribution in [2.75, 3.05) is 13.1 Å².